The maximum atomic E-state index is 4.46. The lowest BCUT2D eigenvalue weighted by molar-refractivity contribution is 0.652. The summed E-state index contributed by atoms with van der Waals surface area (Å²) in [6.45, 7) is 2.33. The lowest BCUT2D eigenvalue weighted by atomic mass is 9.66. The Bertz CT molecular complexity index is 2540. The molecule has 1 atom stereocenters. The Labute approximate surface area is 311 Å². The van der Waals surface area contributed by atoms with Gasteiger partial charge in [-0.25, -0.2) is 0 Å². The Hall–Kier alpha value is -6.38. The van der Waals surface area contributed by atoms with Gasteiger partial charge in [-0.1, -0.05) is 122 Å². The van der Waals surface area contributed by atoms with Crippen molar-refractivity contribution in [1.29, 1.82) is 0 Å². The molecule has 2 heteroatoms. The fraction of sp³-hybridized carbons (Fsp3) is 0.0980. The minimum Gasteiger partial charge on any atom is -0.264 e. The Morgan fingerprint density at radius 3 is 1.66 bits per heavy atom. The van der Waals surface area contributed by atoms with Gasteiger partial charge < -0.3 is 0 Å². The van der Waals surface area contributed by atoms with Gasteiger partial charge >= 0.3 is 0 Å². The molecule has 1 unspecified atom stereocenters. The summed E-state index contributed by atoms with van der Waals surface area (Å²) in [6, 6.07) is 59.0. The molecule has 2 heterocycles. The molecule has 2 aromatic heterocycles. The largest absolute Gasteiger partial charge is 0.264 e. The van der Waals surface area contributed by atoms with Gasteiger partial charge in [0.15, 0.2) is 0 Å². The van der Waals surface area contributed by atoms with Gasteiger partial charge in [0.25, 0.3) is 0 Å². The SMILES string of the molecule is CCC1Cc2ccccc2-c2cc(C3(c4cccc(-c5cc(-c6cccnc6)cc(-c6cccnc6)c5)c4)c4ccccc4-c4ccccc43)ccc21. The summed E-state index contributed by atoms with van der Waals surface area (Å²) in [7, 11) is 0. The summed E-state index contributed by atoms with van der Waals surface area (Å²) in [5.41, 5.74) is 19.7. The molecule has 10 rings (SSSR count). The highest BCUT2D eigenvalue weighted by molar-refractivity contribution is 5.88. The number of fused-ring (bicyclic) bond motifs is 6. The molecule has 0 radical (unpaired) electrons. The zero-order valence-electron chi connectivity index (χ0n) is 29.7. The highest BCUT2D eigenvalue weighted by Crippen LogP contribution is 2.57. The first kappa shape index (κ1) is 31.4. The summed E-state index contributed by atoms with van der Waals surface area (Å²) >= 11 is 0. The van der Waals surface area contributed by atoms with E-state index in [1.807, 2.05) is 36.9 Å². The lowest BCUT2D eigenvalue weighted by Gasteiger charge is -2.36. The van der Waals surface area contributed by atoms with Gasteiger partial charge in [-0.3, -0.25) is 9.97 Å². The van der Waals surface area contributed by atoms with Crippen LogP contribution in [-0.4, -0.2) is 9.97 Å². The number of nitrogens with zero attached hydrogens (tertiary/aromatic N) is 2. The van der Waals surface area contributed by atoms with Crippen LogP contribution in [0.2, 0.25) is 0 Å². The Morgan fingerprint density at radius 1 is 0.472 bits per heavy atom. The van der Waals surface area contributed by atoms with Crippen molar-refractivity contribution in [3.8, 4) is 55.6 Å². The minimum atomic E-state index is -0.514. The molecular weight excluding hydrogens is 641 g/mol. The van der Waals surface area contributed by atoms with Gasteiger partial charge in [0, 0.05) is 35.9 Å². The molecule has 2 nitrogen and oxygen atoms in total. The van der Waals surface area contributed by atoms with Crippen molar-refractivity contribution in [2.75, 3.05) is 0 Å². The molecule has 0 bridgehead atoms. The molecule has 252 valence electrons. The van der Waals surface area contributed by atoms with E-state index < -0.39 is 5.41 Å². The molecule has 0 amide bonds. The van der Waals surface area contributed by atoms with Gasteiger partial charge in [-0.15, -0.1) is 0 Å². The normalized spacial score (nSPS) is 14.8. The molecule has 2 aliphatic carbocycles. The molecule has 0 fully saturated rings. The molecule has 53 heavy (non-hydrogen) atoms. The summed E-state index contributed by atoms with van der Waals surface area (Å²) < 4.78 is 0. The molecule has 0 spiro atoms. The fourth-order valence-corrected chi connectivity index (χ4v) is 9.23. The average Bonchev–Trinajstić information content (AvgIpc) is 3.55. The van der Waals surface area contributed by atoms with Crippen molar-refractivity contribution in [2.24, 2.45) is 0 Å². The van der Waals surface area contributed by atoms with Crippen LogP contribution >= 0.6 is 0 Å². The van der Waals surface area contributed by atoms with E-state index in [1.54, 1.807) is 0 Å². The zero-order valence-corrected chi connectivity index (χ0v) is 29.7. The number of hydrogen-bond acceptors (Lipinski definition) is 2. The number of rotatable bonds is 6. The summed E-state index contributed by atoms with van der Waals surface area (Å²) in [5.74, 6) is 0.512. The molecule has 0 aliphatic heterocycles. The summed E-state index contributed by atoms with van der Waals surface area (Å²) in [5, 5.41) is 0. The van der Waals surface area contributed by atoms with E-state index in [4.69, 9.17) is 0 Å². The lowest BCUT2D eigenvalue weighted by Crippen LogP contribution is -2.29. The van der Waals surface area contributed by atoms with Crippen molar-refractivity contribution >= 4 is 0 Å². The standard InChI is InChI=1S/C51H38N2/c1-2-34-26-36-12-3-4-17-44(36)48-31-43(22-23-45(34)48)51(49-20-7-5-18-46(49)47-19-6-8-21-50(47)51)42-16-9-13-35(30-42)39-27-40(37-14-10-24-52-32-37)29-41(28-39)38-15-11-25-53-33-38/h3-25,27-34H,2,26H2,1H3. The minimum absolute atomic E-state index is 0.512. The van der Waals surface area contributed by atoms with Crippen LogP contribution < -0.4 is 0 Å². The van der Waals surface area contributed by atoms with Crippen LogP contribution in [0.3, 0.4) is 0 Å². The molecular formula is C51H38N2. The monoisotopic (exact) mass is 678 g/mol. The van der Waals surface area contributed by atoms with Gasteiger partial charge in [-0.05, 0) is 139 Å². The number of benzene rings is 6. The second-order valence-corrected chi connectivity index (χ2v) is 14.5. The smallest absolute Gasteiger partial charge is 0.0713 e. The topological polar surface area (TPSA) is 25.8 Å². The van der Waals surface area contributed by atoms with Crippen molar-refractivity contribution in [3.63, 3.8) is 0 Å². The Kier molecular flexibility index (Phi) is 7.51. The highest BCUT2D eigenvalue weighted by Gasteiger charge is 2.46. The van der Waals surface area contributed by atoms with Crippen LogP contribution in [0, 0.1) is 0 Å². The fourth-order valence-electron chi connectivity index (χ4n) is 9.23. The second kappa shape index (κ2) is 12.7. The van der Waals surface area contributed by atoms with E-state index in [1.165, 1.54) is 61.2 Å². The van der Waals surface area contributed by atoms with E-state index in [0.29, 0.717) is 5.92 Å². The van der Waals surface area contributed by atoms with Crippen LogP contribution in [0.1, 0.15) is 52.6 Å². The number of pyridine rings is 2. The average molecular weight is 679 g/mol. The van der Waals surface area contributed by atoms with Crippen molar-refractivity contribution < 1.29 is 0 Å². The van der Waals surface area contributed by atoms with Crippen LogP contribution in [0.25, 0.3) is 55.6 Å². The van der Waals surface area contributed by atoms with E-state index in [2.05, 4.69) is 162 Å². The third-order valence-corrected chi connectivity index (χ3v) is 11.7. The maximum Gasteiger partial charge on any atom is 0.0713 e. The first-order valence-corrected chi connectivity index (χ1v) is 18.7. The summed E-state index contributed by atoms with van der Waals surface area (Å²) in [6.07, 6.45) is 9.77. The van der Waals surface area contributed by atoms with Gasteiger partial charge in [-0.2, -0.15) is 0 Å². The van der Waals surface area contributed by atoms with Gasteiger partial charge in [0.05, 0.1) is 5.41 Å². The van der Waals surface area contributed by atoms with Gasteiger partial charge in [0.1, 0.15) is 0 Å². The van der Waals surface area contributed by atoms with E-state index >= 15 is 0 Å². The van der Waals surface area contributed by atoms with Crippen molar-refractivity contribution in [2.45, 2.75) is 31.1 Å². The molecule has 0 saturated carbocycles. The van der Waals surface area contributed by atoms with Crippen LogP contribution in [-0.2, 0) is 11.8 Å². The quantitative estimate of drug-likeness (QED) is 0.175. The number of hydrogen-bond donors (Lipinski definition) is 0. The first-order chi connectivity index (χ1) is 26.2. The van der Waals surface area contributed by atoms with Gasteiger partial charge in [0.2, 0.25) is 0 Å². The Balaban J connectivity index is 1.23. The molecule has 6 aromatic carbocycles. The third-order valence-electron chi connectivity index (χ3n) is 11.7. The Morgan fingerprint density at radius 2 is 1.04 bits per heavy atom. The predicted molar refractivity (Wildman–Crippen MR) is 218 cm³/mol. The second-order valence-electron chi connectivity index (χ2n) is 14.5. The van der Waals surface area contributed by atoms with Crippen LogP contribution in [0.5, 0.6) is 0 Å². The molecule has 8 aromatic rings. The first-order valence-electron chi connectivity index (χ1n) is 18.7. The van der Waals surface area contributed by atoms with Crippen molar-refractivity contribution in [3.05, 3.63) is 216 Å². The molecule has 0 saturated heterocycles. The van der Waals surface area contributed by atoms with E-state index in [0.717, 1.165) is 40.7 Å². The van der Waals surface area contributed by atoms with Crippen LogP contribution in [0.15, 0.2) is 183 Å². The maximum absolute atomic E-state index is 4.46. The van der Waals surface area contributed by atoms with E-state index in [-0.39, 0.29) is 0 Å². The number of aromatic nitrogens is 2. The molecule has 0 N–H and O–H groups in total. The zero-order chi connectivity index (χ0) is 35.4. The predicted octanol–water partition coefficient (Wildman–Crippen LogP) is 12.6. The summed E-state index contributed by atoms with van der Waals surface area (Å²) in [4.78, 5) is 8.92. The van der Waals surface area contributed by atoms with Crippen molar-refractivity contribution in [1.82, 2.24) is 9.97 Å². The van der Waals surface area contributed by atoms with Crippen LogP contribution in [0.4, 0.5) is 0 Å². The van der Waals surface area contributed by atoms with E-state index in [9.17, 15) is 0 Å². The highest BCUT2D eigenvalue weighted by atomic mass is 14.6. The third kappa shape index (κ3) is 5.01. The molecule has 2 aliphatic rings.